The fourth-order valence-electron chi connectivity index (χ4n) is 2.34. The van der Waals surface area contributed by atoms with Gasteiger partial charge in [-0.2, -0.15) is 15.2 Å². The Morgan fingerprint density at radius 2 is 1.91 bits per heavy atom. The monoisotopic (exact) mass is 294 g/mol. The van der Waals surface area contributed by atoms with Gasteiger partial charge in [0.1, 0.15) is 5.82 Å². The second-order valence-electron chi connectivity index (χ2n) is 5.44. The van der Waals surface area contributed by atoms with E-state index in [9.17, 15) is 0 Å². The zero-order valence-electron chi connectivity index (χ0n) is 13.1. The molecule has 0 unspecified atom stereocenters. The van der Waals surface area contributed by atoms with E-state index in [1.807, 2.05) is 63.3 Å². The molecule has 6 heteroatoms. The number of benzene rings is 1. The fraction of sp³-hybridized carbons (Fsp3) is 0.250. The number of aromatic nitrogens is 4. The summed E-state index contributed by atoms with van der Waals surface area (Å²) in [6.45, 7) is 3.92. The van der Waals surface area contributed by atoms with Crippen LogP contribution in [0.2, 0.25) is 0 Å². The van der Waals surface area contributed by atoms with Gasteiger partial charge in [0, 0.05) is 31.2 Å². The van der Waals surface area contributed by atoms with Crippen molar-refractivity contribution in [2.45, 2.75) is 13.8 Å². The molecular weight excluding hydrogens is 276 g/mol. The third kappa shape index (κ3) is 2.67. The van der Waals surface area contributed by atoms with E-state index >= 15 is 0 Å². The van der Waals surface area contributed by atoms with Crippen LogP contribution in [-0.4, -0.2) is 34.3 Å². The van der Waals surface area contributed by atoms with Crippen molar-refractivity contribution in [3.63, 3.8) is 0 Å². The van der Waals surface area contributed by atoms with Gasteiger partial charge >= 0.3 is 0 Å². The second kappa shape index (κ2) is 5.55. The van der Waals surface area contributed by atoms with Crippen LogP contribution in [0.4, 0.5) is 17.5 Å². The quantitative estimate of drug-likeness (QED) is 0.801. The van der Waals surface area contributed by atoms with E-state index in [0.29, 0.717) is 5.95 Å². The lowest BCUT2D eigenvalue weighted by Gasteiger charge is -2.15. The zero-order valence-corrected chi connectivity index (χ0v) is 13.1. The molecule has 0 saturated heterocycles. The molecule has 22 heavy (non-hydrogen) atoms. The molecule has 0 amide bonds. The molecule has 1 aromatic carbocycles. The second-order valence-corrected chi connectivity index (χ2v) is 5.44. The van der Waals surface area contributed by atoms with Crippen LogP contribution in [-0.2, 0) is 0 Å². The van der Waals surface area contributed by atoms with Gasteiger partial charge in [0.15, 0.2) is 0 Å². The molecule has 0 saturated carbocycles. The van der Waals surface area contributed by atoms with Gasteiger partial charge in [-0.1, -0.05) is 6.07 Å². The van der Waals surface area contributed by atoms with Gasteiger partial charge in [0.2, 0.25) is 5.95 Å². The highest BCUT2D eigenvalue weighted by Crippen LogP contribution is 2.25. The SMILES string of the molecule is Cc1cc2c(Nc3ncc(C)c(N(C)C)n3)cccc2nn1. The Hall–Kier alpha value is -2.76. The van der Waals surface area contributed by atoms with Crippen LogP contribution in [0.15, 0.2) is 30.5 Å². The van der Waals surface area contributed by atoms with Gasteiger partial charge < -0.3 is 10.2 Å². The summed E-state index contributed by atoms with van der Waals surface area (Å²) in [7, 11) is 3.94. The minimum absolute atomic E-state index is 0.566. The molecule has 112 valence electrons. The first kappa shape index (κ1) is 14.2. The van der Waals surface area contributed by atoms with Crippen molar-refractivity contribution in [1.29, 1.82) is 0 Å². The van der Waals surface area contributed by atoms with E-state index in [4.69, 9.17) is 0 Å². The van der Waals surface area contributed by atoms with E-state index in [-0.39, 0.29) is 0 Å². The molecule has 3 rings (SSSR count). The summed E-state index contributed by atoms with van der Waals surface area (Å²) < 4.78 is 0. The Bertz CT molecular complexity index is 828. The van der Waals surface area contributed by atoms with Crippen molar-refractivity contribution in [2.24, 2.45) is 0 Å². The van der Waals surface area contributed by atoms with Crippen molar-refractivity contribution in [1.82, 2.24) is 20.2 Å². The predicted molar refractivity (Wildman–Crippen MR) is 88.7 cm³/mol. The number of aryl methyl sites for hydroxylation is 2. The van der Waals surface area contributed by atoms with Gasteiger partial charge in [0.05, 0.1) is 16.9 Å². The van der Waals surface area contributed by atoms with Crippen LogP contribution >= 0.6 is 0 Å². The first-order valence-electron chi connectivity index (χ1n) is 7.05. The molecule has 2 heterocycles. The molecule has 0 bridgehead atoms. The number of rotatable bonds is 3. The van der Waals surface area contributed by atoms with Gasteiger partial charge in [-0.15, -0.1) is 0 Å². The summed E-state index contributed by atoms with van der Waals surface area (Å²) in [5.41, 5.74) is 3.68. The molecular formula is C16H18N6. The van der Waals surface area contributed by atoms with E-state index in [1.54, 1.807) is 0 Å². The maximum atomic E-state index is 4.56. The molecule has 6 nitrogen and oxygen atoms in total. The van der Waals surface area contributed by atoms with Crippen LogP contribution in [0.1, 0.15) is 11.3 Å². The normalized spacial score (nSPS) is 10.7. The van der Waals surface area contributed by atoms with E-state index in [2.05, 4.69) is 25.5 Å². The van der Waals surface area contributed by atoms with Crippen LogP contribution in [0, 0.1) is 13.8 Å². The minimum atomic E-state index is 0.566. The minimum Gasteiger partial charge on any atom is -0.362 e. The number of fused-ring (bicyclic) bond motifs is 1. The third-order valence-electron chi connectivity index (χ3n) is 3.37. The number of hydrogen-bond acceptors (Lipinski definition) is 6. The molecule has 0 aliphatic heterocycles. The third-order valence-corrected chi connectivity index (χ3v) is 3.37. The van der Waals surface area contributed by atoms with Gasteiger partial charge in [-0.3, -0.25) is 0 Å². The van der Waals surface area contributed by atoms with Gasteiger partial charge in [-0.25, -0.2) is 4.98 Å². The topological polar surface area (TPSA) is 66.8 Å². The van der Waals surface area contributed by atoms with Crippen molar-refractivity contribution >= 4 is 28.4 Å². The Morgan fingerprint density at radius 1 is 1.09 bits per heavy atom. The Morgan fingerprint density at radius 3 is 2.68 bits per heavy atom. The summed E-state index contributed by atoms with van der Waals surface area (Å²) in [6, 6.07) is 7.87. The zero-order chi connectivity index (χ0) is 15.7. The lowest BCUT2D eigenvalue weighted by atomic mass is 10.2. The maximum Gasteiger partial charge on any atom is 0.229 e. The summed E-state index contributed by atoms with van der Waals surface area (Å²) in [5.74, 6) is 1.46. The summed E-state index contributed by atoms with van der Waals surface area (Å²) in [4.78, 5) is 10.9. The number of anilines is 3. The Labute approximate surface area is 129 Å². The van der Waals surface area contributed by atoms with E-state index in [0.717, 1.165) is 33.7 Å². The lowest BCUT2D eigenvalue weighted by Crippen LogP contribution is -2.13. The van der Waals surface area contributed by atoms with E-state index in [1.165, 1.54) is 0 Å². The summed E-state index contributed by atoms with van der Waals surface area (Å²) in [6.07, 6.45) is 1.82. The van der Waals surface area contributed by atoms with Gasteiger partial charge in [0.25, 0.3) is 0 Å². The molecule has 0 aliphatic carbocycles. The fourth-order valence-corrected chi connectivity index (χ4v) is 2.34. The molecule has 1 N–H and O–H groups in total. The molecule has 0 spiro atoms. The van der Waals surface area contributed by atoms with Crippen LogP contribution in [0.3, 0.4) is 0 Å². The molecule has 0 radical (unpaired) electrons. The Balaban J connectivity index is 2.03. The average molecular weight is 294 g/mol. The highest BCUT2D eigenvalue weighted by atomic mass is 15.2. The lowest BCUT2D eigenvalue weighted by molar-refractivity contribution is 1.01. The first-order valence-corrected chi connectivity index (χ1v) is 7.05. The maximum absolute atomic E-state index is 4.56. The number of nitrogens with zero attached hydrogens (tertiary/aromatic N) is 5. The van der Waals surface area contributed by atoms with Crippen molar-refractivity contribution in [3.05, 3.63) is 41.7 Å². The summed E-state index contributed by atoms with van der Waals surface area (Å²) in [5, 5.41) is 12.6. The summed E-state index contributed by atoms with van der Waals surface area (Å²) >= 11 is 0. The smallest absolute Gasteiger partial charge is 0.229 e. The van der Waals surface area contributed by atoms with Crippen molar-refractivity contribution in [3.8, 4) is 0 Å². The van der Waals surface area contributed by atoms with Crippen LogP contribution < -0.4 is 10.2 Å². The van der Waals surface area contributed by atoms with Crippen molar-refractivity contribution < 1.29 is 0 Å². The number of nitrogens with one attached hydrogen (secondary N) is 1. The van der Waals surface area contributed by atoms with Crippen LogP contribution in [0.25, 0.3) is 10.9 Å². The Kier molecular flexibility index (Phi) is 3.58. The first-order chi connectivity index (χ1) is 10.5. The highest BCUT2D eigenvalue weighted by Gasteiger charge is 2.08. The predicted octanol–water partition coefficient (Wildman–Crippen LogP) is 2.85. The molecule has 3 aromatic rings. The highest BCUT2D eigenvalue weighted by molar-refractivity contribution is 5.92. The average Bonchev–Trinajstić information content (AvgIpc) is 2.49. The van der Waals surface area contributed by atoms with Gasteiger partial charge in [-0.05, 0) is 32.0 Å². The molecule has 2 aromatic heterocycles. The molecule has 0 fully saturated rings. The van der Waals surface area contributed by atoms with Crippen LogP contribution in [0.5, 0.6) is 0 Å². The van der Waals surface area contributed by atoms with E-state index < -0.39 is 0 Å². The molecule has 0 aliphatic rings. The number of hydrogen-bond donors (Lipinski definition) is 1. The largest absolute Gasteiger partial charge is 0.362 e. The molecule has 0 atom stereocenters. The van der Waals surface area contributed by atoms with Crippen molar-refractivity contribution in [2.75, 3.05) is 24.3 Å². The standard InChI is InChI=1S/C16H18N6/c1-10-9-17-16(19-15(10)22(3)4)18-13-6-5-7-14-12(13)8-11(2)20-21-14/h5-9H,1-4H3,(H,17,18,19).